The van der Waals surface area contributed by atoms with Gasteiger partial charge in [0.05, 0.1) is 0 Å². The summed E-state index contributed by atoms with van der Waals surface area (Å²) in [6, 6.07) is 0. The highest BCUT2D eigenvalue weighted by atomic mass is 16.1. The average Bonchev–Trinajstić information content (AvgIpc) is 1.89. The number of carbonyl (C=O) groups is 1. The number of hydrogen-bond acceptors (Lipinski definition) is 1. The van der Waals surface area contributed by atoms with Gasteiger partial charge in [0.25, 0.3) is 0 Å². The first-order chi connectivity index (χ1) is 4.31. The molecule has 0 bridgehead atoms. The molecule has 0 aliphatic rings. The third-order valence-corrected chi connectivity index (χ3v) is 1.37. The normalized spacial score (nSPS) is 13.1. The molecule has 0 aromatic carbocycles. The molecular weight excluding hydrogens is 112 g/mol. The van der Waals surface area contributed by atoms with Crippen LogP contribution in [0, 0.1) is 12.8 Å². The summed E-state index contributed by atoms with van der Waals surface area (Å²) in [6.45, 7) is 5.81. The Bertz CT molecular complexity index is 69.0. The monoisotopic (exact) mass is 127 g/mol. The first kappa shape index (κ1) is 8.67. The third kappa shape index (κ3) is 5.54. The summed E-state index contributed by atoms with van der Waals surface area (Å²) in [7, 11) is 0. The van der Waals surface area contributed by atoms with Crippen molar-refractivity contribution in [2.24, 2.45) is 5.92 Å². The Labute approximate surface area is 57.5 Å². The van der Waals surface area contributed by atoms with Crippen molar-refractivity contribution in [1.82, 2.24) is 0 Å². The largest absolute Gasteiger partial charge is 0.303 e. The SMILES string of the molecule is [CH2]C(C=O)CCCCC. The Balaban J connectivity index is 2.96. The Morgan fingerprint density at radius 1 is 1.56 bits per heavy atom. The highest BCUT2D eigenvalue weighted by molar-refractivity contribution is 5.54. The van der Waals surface area contributed by atoms with E-state index in [2.05, 4.69) is 13.8 Å². The van der Waals surface area contributed by atoms with E-state index in [-0.39, 0.29) is 5.92 Å². The fourth-order valence-electron chi connectivity index (χ4n) is 0.725. The lowest BCUT2D eigenvalue weighted by molar-refractivity contribution is -0.110. The smallest absolute Gasteiger partial charge is 0.123 e. The van der Waals surface area contributed by atoms with Crippen LogP contribution in [-0.2, 0) is 4.79 Å². The summed E-state index contributed by atoms with van der Waals surface area (Å²) in [4.78, 5) is 10.0. The molecule has 0 amide bonds. The van der Waals surface area contributed by atoms with Gasteiger partial charge >= 0.3 is 0 Å². The summed E-state index contributed by atoms with van der Waals surface area (Å²) in [5.41, 5.74) is 0. The van der Waals surface area contributed by atoms with Gasteiger partial charge in [-0.25, -0.2) is 0 Å². The molecule has 1 atom stereocenters. The molecule has 0 aromatic rings. The molecule has 1 heteroatoms. The predicted octanol–water partition coefficient (Wildman–Crippen LogP) is 2.22. The van der Waals surface area contributed by atoms with E-state index in [0.29, 0.717) is 0 Å². The van der Waals surface area contributed by atoms with Crippen molar-refractivity contribution < 1.29 is 4.79 Å². The quantitative estimate of drug-likeness (QED) is 0.409. The molecule has 1 nitrogen and oxygen atoms in total. The van der Waals surface area contributed by atoms with Crippen molar-refractivity contribution in [3.8, 4) is 0 Å². The van der Waals surface area contributed by atoms with Gasteiger partial charge in [-0.1, -0.05) is 26.2 Å². The van der Waals surface area contributed by atoms with Gasteiger partial charge in [-0.05, 0) is 13.3 Å². The number of hydrogen-bond donors (Lipinski definition) is 0. The van der Waals surface area contributed by atoms with Crippen molar-refractivity contribution in [1.29, 1.82) is 0 Å². The van der Waals surface area contributed by atoms with Gasteiger partial charge in [0.15, 0.2) is 0 Å². The number of carbonyl (C=O) groups excluding carboxylic acids is 1. The van der Waals surface area contributed by atoms with Crippen LogP contribution in [0.3, 0.4) is 0 Å². The molecular formula is C8H15O. The summed E-state index contributed by atoms with van der Waals surface area (Å²) >= 11 is 0. The summed E-state index contributed by atoms with van der Waals surface area (Å²) < 4.78 is 0. The van der Waals surface area contributed by atoms with Gasteiger partial charge in [0.1, 0.15) is 6.29 Å². The van der Waals surface area contributed by atoms with E-state index >= 15 is 0 Å². The predicted molar refractivity (Wildman–Crippen MR) is 39.1 cm³/mol. The van der Waals surface area contributed by atoms with Crippen molar-refractivity contribution in [2.75, 3.05) is 0 Å². The van der Waals surface area contributed by atoms with Crippen molar-refractivity contribution in [3.63, 3.8) is 0 Å². The van der Waals surface area contributed by atoms with Gasteiger partial charge in [0.2, 0.25) is 0 Å². The minimum atomic E-state index is 0.0246. The molecule has 53 valence electrons. The van der Waals surface area contributed by atoms with Gasteiger partial charge in [-0.3, -0.25) is 0 Å². The van der Waals surface area contributed by atoms with Crippen LogP contribution in [-0.4, -0.2) is 6.29 Å². The maximum absolute atomic E-state index is 10.0. The van der Waals surface area contributed by atoms with Crippen molar-refractivity contribution in [3.05, 3.63) is 6.92 Å². The van der Waals surface area contributed by atoms with E-state index in [0.717, 1.165) is 19.1 Å². The van der Waals surface area contributed by atoms with Crippen LogP contribution >= 0.6 is 0 Å². The lowest BCUT2D eigenvalue weighted by Crippen LogP contribution is -1.94. The maximum Gasteiger partial charge on any atom is 0.123 e. The standard InChI is InChI=1S/C8H15O/c1-3-4-5-6-8(2)7-9/h7-8H,2-6H2,1H3. The highest BCUT2D eigenvalue weighted by Gasteiger charge is 1.96. The van der Waals surface area contributed by atoms with Crippen LogP contribution in [0.1, 0.15) is 32.6 Å². The Morgan fingerprint density at radius 2 is 2.22 bits per heavy atom. The van der Waals surface area contributed by atoms with Gasteiger partial charge in [-0.15, -0.1) is 0 Å². The fraction of sp³-hybridized carbons (Fsp3) is 0.750. The number of rotatable bonds is 5. The van der Waals surface area contributed by atoms with E-state index in [1.165, 1.54) is 12.8 Å². The second kappa shape index (κ2) is 5.80. The highest BCUT2D eigenvalue weighted by Crippen LogP contribution is 2.05. The van der Waals surface area contributed by atoms with E-state index in [1.807, 2.05) is 0 Å². The molecule has 0 spiro atoms. The average molecular weight is 127 g/mol. The Morgan fingerprint density at radius 3 is 2.67 bits per heavy atom. The van der Waals surface area contributed by atoms with Crippen molar-refractivity contribution in [2.45, 2.75) is 32.6 Å². The molecule has 0 saturated heterocycles. The zero-order valence-electron chi connectivity index (χ0n) is 6.10. The van der Waals surface area contributed by atoms with Crippen LogP contribution in [0.4, 0.5) is 0 Å². The molecule has 9 heavy (non-hydrogen) atoms. The van der Waals surface area contributed by atoms with Crippen LogP contribution in [0.25, 0.3) is 0 Å². The Hall–Kier alpha value is -0.330. The van der Waals surface area contributed by atoms with Crippen LogP contribution in [0.2, 0.25) is 0 Å². The van der Waals surface area contributed by atoms with E-state index in [9.17, 15) is 4.79 Å². The molecule has 0 aliphatic carbocycles. The Kier molecular flexibility index (Phi) is 5.59. The first-order valence-electron chi connectivity index (χ1n) is 3.59. The zero-order valence-corrected chi connectivity index (χ0v) is 6.10. The minimum Gasteiger partial charge on any atom is -0.303 e. The fourth-order valence-corrected chi connectivity index (χ4v) is 0.725. The van der Waals surface area contributed by atoms with E-state index in [1.54, 1.807) is 0 Å². The molecule has 0 fully saturated rings. The zero-order chi connectivity index (χ0) is 7.11. The van der Waals surface area contributed by atoms with E-state index < -0.39 is 0 Å². The molecule has 1 unspecified atom stereocenters. The molecule has 0 heterocycles. The van der Waals surface area contributed by atoms with Crippen LogP contribution in [0.15, 0.2) is 0 Å². The lowest BCUT2D eigenvalue weighted by Gasteiger charge is -1.99. The van der Waals surface area contributed by atoms with Crippen LogP contribution in [0.5, 0.6) is 0 Å². The second-order valence-corrected chi connectivity index (χ2v) is 2.39. The summed E-state index contributed by atoms with van der Waals surface area (Å²) in [6.07, 6.45) is 5.46. The molecule has 0 saturated carbocycles. The minimum absolute atomic E-state index is 0.0246. The van der Waals surface area contributed by atoms with E-state index in [4.69, 9.17) is 0 Å². The topological polar surface area (TPSA) is 17.1 Å². The number of unbranched alkanes of at least 4 members (excludes halogenated alkanes) is 2. The molecule has 0 aromatic heterocycles. The third-order valence-electron chi connectivity index (χ3n) is 1.37. The maximum atomic E-state index is 10.0. The molecule has 0 N–H and O–H groups in total. The molecule has 1 radical (unpaired) electrons. The van der Waals surface area contributed by atoms with Gasteiger partial charge in [0, 0.05) is 5.92 Å². The second-order valence-electron chi connectivity index (χ2n) is 2.39. The molecule has 0 rings (SSSR count). The van der Waals surface area contributed by atoms with Crippen molar-refractivity contribution >= 4 is 6.29 Å². The molecule has 0 aliphatic heterocycles. The number of aldehydes is 1. The summed E-state index contributed by atoms with van der Waals surface area (Å²) in [5.74, 6) is 0.0246. The first-order valence-corrected chi connectivity index (χ1v) is 3.59. The van der Waals surface area contributed by atoms with Gasteiger partial charge < -0.3 is 4.79 Å². The van der Waals surface area contributed by atoms with Gasteiger partial charge in [-0.2, -0.15) is 0 Å². The van der Waals surface area contributed by atoms with Crippen LogP contribution < -0.4 is 0 Å². The lowest BCUT2D eigenvalue weighted by atomic mass is 10.1. The summed E-state index contributed by atoms with van der Waals surface area (Å²) in [5, 5.41) is 0.